The molecule has 3 N–H and O–H groups in total. The van der Waals surface area contributed by atoms with Crippen molar-refractivity contribution in [1.82, 2.24) is 9.97 Å². The number of nitrogens with zero attached hydrogens (tertiary/aromatic N) is 2. The normalized spacial score (nSPS) is 10.6. The highest BCUT2D eigenvalue weighted by molar-refractivity contribution is 5.87. The SMILES string of the molecule is COc1cc(Nc2nc(N)c(-c3ccoc3)c(-c3ccoc3)n2)cc(OC)c1OC. The smallest absolute Gasteiger partial charge is 0.229 e. The Labute approximate surface area is 172 Å². The van der Waals surface area contributed by atoms with Crippen LogP contribution in [0, 0.1) is 0 Å². The van der Waals surface area contributed by atoms with E-state index in [9.17, 15) is 0 Å². The number of aromatic nitrogens is 2. The Morgan fingerprint density at radius 2 is 1.50 bits per heavy atom. The molecular formula is C21H20N4O5. The van der Waals surface area contributed by atoms with E-state index in [4.69, 9.17) is 28.8 Å². The summed E-state index contributed by atoms with van der Waals surface area (Å²) in [6, 6.07) is 7.10. The third kappa shape index (κ3) is 3.48. The number of hydrogen-bond donors (Lipinski definition) is 2. The van der Waals surface area contributed by atoms with Crippen molar-refractivity contribution in [1.29, 1.82) is 0 Å². The van der Waals surface area contributed by atoms with Gasteiger partial charge in [0.15, 0.2) is 11.5 Å². The highest BCUT2D eigenvalue weighted by Gasteiger charge is 2.19. The van der Waals surface area contributed by atoms with Gasteiger partial charge in [-0.05, 0) is 12.1 Å². The van der Waals surface area contributed by atoms with Gasteiger partial charge in [-0.1, -0.05) is 0 Å². The summed E-state index contributed by atoms with van der Waals surface area (Å²) < 4.78 is 26.6. The van der Waals surface area contributed by atoms with E-state index < -0.39 is 0 Å². The van der Waals surface area contributed by atoms with Crippen LogP contribution in [0.1, 0.15) is 0 Å². The van der Waals surface area contributed by atoms with Crippen LogP contribution in [0.25, 0.3) is 22.4 Å². The fraction of sp³-hybridized carbons (Fsp3) is 0.143. The van der Waals surface area contributed by atoms with Gasteiger partial charge in [0.1, 0.15) is 5.82 Å². The van der Waals surface area contributed by atoms with Gasteiger partial charge in [0.2, 0.25) is 11.7 Å². The van der Waals surface area contributed by atoms with Gasteiger partial charge in [-0.3, -0.25) is 0 Å². The van der Waals surface area contributed by atoms with E-state index in [1.807, 2.05) is 0 Å². The lowest BCUT2D eigenvalue weighted by molar-refractivity contribution is 0.324. The molecule has 0 aliphatic rings. The van der Waals surface area contributed by atoms with Gasteiger partial charge < -0.3 is 34.1 Å². The zero-order valence-electron chi connectivity index (χ0n) is 16.6. The molecule has 9 heteroatoms. The van der Waals surface area contributed by atoms with Gasteiger partial charge >= 0.3 is 0 Å². The molecule has 4 aromatic rings. The summed E-state index contributed by atoms with van der Waals surface area (Å²) in [4.78, 5) is 9.08. The second-order valence-electron chi connectivity index (χ2n) is 6.22. The number of methoxy groups -OCH3 is 3. The fourth-order valence-electron chi connectivity index (χ4n) is 3.12. The highest BCUT2D eigenvalue weighted by atomic mass is 16.5. The van der Waals surface area contributed by atoms with Crippen LogP contribution in [0.5, 0.6) is 17.2 Å². The molecule has 0 bridgehead atoms. The standard InChI is InChI=1S/C21H20N4O5/c1-26-15-8-14(9-16(27-2)19(15)28-3)23-21-24-18(13-5-7-30-11-13)17(20(22)25-21)12-4-6-29-10-12/h4-11H,1-3H3,(H3,22,23,24,25). The number of benzene rings is 1. The lowest BCUT2D eigenvalue weighted by atomic mass is 10.0. The van der Waals surface area contributed by atoms with Crippen LogP contribution in [0.15, 0.2) is 58.2 Å². The topological polar surface area (TPSA) is 118 Å². The average molecular weight is 408 g/mol. The molecule has 154 valence electrons. The Hall–Kier alpha value is -4.14. The van der Waals surface area contributed by atoms with E-state index in [0.717, 1.165) is 11.1 Å². The molecule has 0 unspecified atom stereocenters. The first-order valence-corrected chi connectivity index (χ1v) is 8.94. The van der Waals surface area contributed by atoms with Crippen molar-refractivity contribution >= 4 is 17.5 Å². The molecule has 0 atom stereocenters. The molecule has 0 amide bonds. The Morgan fingerprint density at radius 3 is 2.03 bits per heavy atom. The number of nitrogens with two attached hydrogens (primary N) is 1. The summed E-state index contributed by atoms with van der Waals surface area (Å²) >= 11 is 0. The summed E-state index contributed by atoms with van der Waals surface area (Å²) in [5, 5.41) is 3.15. The Kier molecular flexibility index (Phi) is 5.17. The van der Waals surface area contributed by atoms with Gasteiger partial charge in [0.25, 0.3) is 0 Å². The zero-order chi connectivity index (χ0) is 21.1. The average Bonchev–Trinajstić information content (AvgIpc) is 3.46. The van der Waals surface area contributed by atoms with E-state index in [1.165, 1.54) is 0 Å². The molecule has 0 spiro atoms. The summed E-state index contributed by atoms with van der Waals surface area (Å²) in [5.74, 6) is 2.07. The third-order valence-electron chi connectivity index (χ3n) is 4.46. The number of rotatable bonds is 7. The van der Waals surface area contributed by atoms with Gasteiger partial charge in [0, 0.05) is 28.9 Å². The lowest BCUT2D eigenvalue weighted by Crippen LogP contribution is -2.05. The molecule has 30 heavy (non-hydrogen) atoms. The Balaban J connectivity index is 1.80. The molecule has 0 radical (unpaired) electrons. The predicted octanol–water partition coefficient (Wildman–Crippen LogP) is 4.35. The van der Waals surface area contributed by atoms with Crippen LogP contribution in [-0.2, 0) is 0 Å². The Morgan fingerprint density at radius 1 is 0.867 bits per heavy atom. The number of nitrogens with one attached hydrogen (secondary N) is 1. The lowest BCUT2D eigenvalue weighted by Gasteiger charge is -2.16. The maximum atomic E-state index is 6.30. The third-order valence-corrected chi connectivity index (χ3v) is 4.46. The van der Waals surface area contributed by atoms with Crippen molar-refractivity contribution in [2.24, 2.45) is 0 Å². The molecule has 0 aliphatic heterocycles. The molecule has 9 nitrogen and oxygen atoms in total. The van der Waals surface area contributed by atoms with Gasteiger partial charge in [-0.2, -0.15) is 4.98 Å². The first kappa shape index (κ1) is 19.2. The quantitative estimate of drug-likeness (QED) is 0.460. The second kappa shape index (κ2) is 8.08. The van der Waals surface area contributed by atoms with Gasteiger partial charge in [-0.25, -0.2) is 4.98 Å². The van der Waals surface area contributed by atoms with Crippen molar-refractivity contribution in [3.8, 4) is 39.6 Å². The van der Waals surface area contributed by atoms with Crippen molar-refractivity contribution in [2.45, 2.75) is 0 Å². The molecule has 0 fully saturated rings. The minimum atomic E-state index is 0.289. The van der Waals surface area contributed by atoms with E-state index in [1.54, 1.807) is 70.6 Å². The molecule has 1 aromatic carbocycles. The summed E-state index contributed by atoms with van der Waals surface area (Å²) in [6.07, 6.45) is 6.31. The van der Waals surface area contributed by atoms with E-state index in [0.29, 0.717) is 40.1 Å². The van der Waals surface area contributed by atoms with E-state index in [-0.39, 0.29) is 5.82 Å². The molecule has 0 aliphatic carbocycles. The number of ether oxygens (including phenoxy) is 3. The zero-order valence-corrected chi connectivity index (χ0v) is 16.6. The van der Waals surface area contributed by atoms with Crippen LogP contribution >= 0.6 is 0 Å². The Bertz CT molecular complexity index is 1120. The molecule has 0 saturated carbocycles. The van der Waals surface area contributed by atoms with Gasteiger partial charge in [-0.15, -0.1) is 0 Å². The number of furan rings is 2. The van der Waals surface area contributed by atoms with Crippen LogP contribution in [-0.4, -0.2) is 31.3 Å². The van der Waals surface area contributed by atoms with Crippen LogP contribution in [0.2, 0.25) is 0 Å². The van der Waals surface area contributed by atoms with Crippen LogP contribution < -0.4 is 25.3 Å². The largest absolute Gasteiger partial charge is 0.493 e. The summed E-state index contributed by atoms with van der Waals surface area (Å²) in [7, 11) is 4.64. The summed E-state index contributed by atoms with van der Waals surface area (Å²) in [6.45, 7) is 0. The fourth-order valence-corrected chi connectivity index (χ4v) is 3.12. The summed E-state index contributed by atoms with van der Waals surface area (Å²) in [5.41, 5.74) is 9.72. The van der Waals surface area contributed by atoms with E-state index >= 15 is 0 Å². The number of anilines is 3. The van der Waals surface area contributed by atoms with Gasteiger partial charge in [0.05, 0.1) is 57.6 Å². The minimum Gasteiger partial charge on any atom is -0.493 e. The van der Waals surface area contributed by atoms with Crippen LogP contribution in [0.4, 0.5) is 17.5 Å². The van der Waals surface area contributed by atoms with Crippen molar-refractivity contribution in [3.05, 3.63) is 49.3 Å². The monoisotopic (exact) mass is 408 g/mol. The molecular weight excluding hydrogens is 388 g/mol. The van der Waals surface area contributed by atoms with E-state index in [2.05, 4.69) is 15.3 Å². The molecule has 0 saturated heterocycles. The minimum absolute atomic E-state index is 0.289. The predicted molar refractivity (Wildman–Crippen MR) is 111 cm³/mol. The van der Waals surface area contributed by atoms with Crippen LogP contribution in [0.3, 0.4) is 0 Å². The number of hydrogen-bond acceptors (Lipinski definition) is 9. The number of nitrogen functional groups attached to an aromatic ring is 1. The first-order chi connectivity index (χ1) is 14.6. The second-order valence-corrected chi connectivity index (χ2v) is 6.22. The van der Waals surface area contributed by atoms with Crippen molar-refractivity contribution < 1.29 is 23.0 Å². The maximum absolute atomic E-state index is 6.30. The first-order valence-electron chi connectivity index (χ1n) is 8.94. The van der Waals surface area contributed by atoms with Crippen molar-refractivity contribution in [3.63, 3.8) is 0 Å². The highest BCUT2D eigenvalue weighted by Crippen LogP contribution is 2.41. The molecule has 3 heterocycles. The van der Waals surface area contributed by atoms with Crippen molar-refractivity contribution in [2.75, 3.05) is 32.4 Å². The maximum Gasteiger partial charge on any atom is 0.229 e. The molecule has 4 rings (SSSR count). The molecule has 3 aromatic heterocycles.